The monoisotopic (exact) mass is 776 g/mol. The van der Waals surface area contributed by atoms with Gasteiger partial charge in [-0.05, 0) is 70.4 Å². The van der Waals surface area contributed by atoms with Gasteiger partial charge in [-0.2, -0.15) is 0 Å². The highest BCUT2D eigenvalue weighted by Crippen LogP contribution is 2.45. The van der Waals surface area contributed by atoms with E-state index in [1.54, 1.807) is 13.2 Å². The Hall–Kier alpha value is -4.92. The Bertz CT molecular complexity index is 1970. The number of methoxy groups -OCH3 is 1. The fraction of sp³-hybridized carbons (Fsp3) is 0.550. The molecular formula is C40H52N6O8S. The van der Waals surface area contributed by atoms with Crippen LogP contribution in [0, 0.1) is 18.3 Å². The predicted molar refractivity (Wildman–Crippen MR) is 209 cm³/mol. The molecule has 0 radical (unpaired) electrons. The van der Waals surface area contributed by atoms with Crippen LogP contribution in [0.25, 0.3) is 22.3 Å². The standard InChI is InChI=1S/C40H52N6O8S/c1-9-23-18-40(23,36(49)50)45-34(47)29-16-25(19-46(29)35(48)33(39(5,6)7)44-38(51)54-24-12-10-11-13-24)53-31-17-27(28-20-55-37(43-28)41-21(2)3)42-32-22(4)30(52-8)15-14-26(31)32/h9,14-15,17,20-21,23-25,29,33H,1,10-13,16,18-19H2,2-8H3,(H,41,43)(H,44,51)(H,45,47)(H,49,50)/t23-,25-,29+,33-,40-/m1/s1. The molecule has 1 aromatic carbocycles. The fourth-order valence-electron chi connectivity index (χ4n) is 7.53. The lowest BCUT2D eigenvalue weighted by atomic mass is 9.85. The minimum absolute atomic E-state index is 0.0126. The third kappa shape index (κ3) is 8.36. The number of carbonyl (C=O) groups is 4. The second-order valence-corrected chi connectivity index (χ2v) is 17.0. The molecule has 5 atom stereocenters. The van der Waals surface area contributed by atoms with E-state index in [0.29, 0.717) is 33.8 Å². The molecule has 2 saturated carbocycles. The molecule has 6 rings (SSSR count). The number of alkyl carbamates (subject to hydrolysis) is 1. The highest BCUT2D eigenvalue weighted by Gasteiger charge is 2.61. The number of fused-ring (bicyclic) bond motifs is 1. The van der Waals surface area contributed by atoms with Gasteiger partial charge in [-0.3, -0.25) is 9.59 Å². The lowest BCUT2D eigenvalue weighted by molar-refractivity contribution is -0.146. The van der Waals surface area contributed by atoms with Crippen LogP contribution in [0.1, 0.15) is 78.7 Å². The third-order valence-corrected chi connectivity index (χ3v) is 11.4. The van der Waals surface area contributed by atoms with E-state index in [4.69, 9.17) is 24.2 Å². The van der Waals surface area contributed by atoms with Crippen molar-refractivity contribution in [1.29, 1.82) is 0 Å². The largest absolute Gasteiger partial charge is 0.496 e. The van der Waals surface area contributed by atoms with Crippen LogP contribution in [0.4, 0.5) is 9.93 Å². The Balaban J connectivity index is 1.34. The van der Waals surface area contributed by atoms with Crippen molar-refractivity contribution in [2.24, 2.45) is 11.3 Å². The van der Waals surface area contributed by atoms with E-state index in [1.807, 2.05) is 59.1 Å². The first-order valence-electron chi connectivity index (χ1n) is 18.9. The number of benzene rings is 1. The number of carbonyl (C=O) groups excluding carboxylic acids is 3. The zero-order valence-electron chi connectivity index (χ0n) is 32.6. The Morgan fingerprint density at radius 2 is 1.82 bits per heavy atom. The molecule has 2 aliphatic carbocycles. The zero-order chi connectivity index (χ0) is 39.8. The van der Waals surface area contributed by atoms with Crippen molar-refractivity contribution in [2.75, 3.05) is 19.0 Å². The van der Waals surface area contributed by atoms with Crippen LogP contribution < -0.4 is 25.4 Å². The number of rotatable bonds is 13. The molecule has 14 nitrogen and oxygen atoms in total. The highest BCUT2D eigenvalue weighted by atomic mass is 32.1. The highest BCUT2D eigenvalue weighted by molar-refractivity contribution is 7.14. The topological polar surface area (TPSA) is 181 Å². The number of nitrogens with one attached hydrogen (secondary N) is 3. The van der Waals surface area contributed by atoms with E-state index in [-0.39, 0.29) is 31.5 Å². The van der Waals surface area contributed by atoms with E-state index in [1.165, 1.54) is 22.3 Å². The molecule has 1 aliphatic heterocycles. The second-order valence-electron chi connectivity index (χ2n) is 16.2. The molecule has 4 N–H and O–H groups in total. The minimum atomic E-state index is -1.51. The van der Waals surface area contributed by atoms with Crippen molar-refractivity contribution in [3.63, 3.8) is 0 Å². The van der Waals surface area contributed by atoms with Crippen molar-refractivity contribution in [3.8, 4) is 22.9 Å². The fourth-order valence-corrected chi connectivity index (χ4v) is 8.38. The predicted octanol–water partition coefficient (Wildman–Crippen LogP) is 6.07. The Morgan fingerprint density at radius 3 is 2.44 bits per heavy atom. The summed E-state index contributed by atoms with van der Waals surface area (Å²) in [5.74, 6) is -1.64. The van der Waals surface area contributed by atoms with E-state index in [2.05, 4.69) is 22.5 Å². The van der Waals surface area contributed by atoms with E-state index in [0.717, 1.165) is 36.4 Å². The van der Waals surface area contributed by atoms with Crippen LogP contribution in [-0.4, -0.2) is 93.4 Å². The summed E-state index contributed by atoms with van der Waals surface area (Å²) in [5, 5.41) is 22.3. The van der Waals surface area contributed by atoms with E-state index in [9.17, 15) is 24.3 Å². The second kappa shape index (κ2) is 15.7. The van der Waals surface area contributed by atoms with Crippen LogP contribution in [0.2, 0.25) is 0 Å². The SMILES string of the molecule is C=C[C@@H]1C[C@]1(NC(=O)[C@@H]1C[C@@H](Oc2cc(-c3csc(NC(C)C)n3)nc3c(C)c(OC)ccc23)CN1C(=O)[C@@H](NC(=O)OC1CCCC1)C(C)(C)C)C(=O)O. The molecule has 1 saturated heterocycles. The van der Waals surface area contributed by atoms with Crippen LogP contribution in [-0.2, 0) is 19.1 Å². The average Bonchev–Trinajstić information content (AvgIpc) is 3.53. The van der Waals surface area contributed by atoms with Crippen molar-refractivity contribution < 1.29 is 38.5 Å². The van der Waals surface area contributed by atoms with Crippen molar-refractivity contribution in [1.82, 2.24) is 25.5 Å². The minimum Gasteiger partial charge on any atom is -0.496 e. The first-order valence-corrected chi connectivity index (χ1v) is 19.8. The summed E-state index contributed by atoms with van der Waals surface area (Å²) in [6.45, 7) is 15.2. The Labute approximate surface area is 325 Å². The van der Waals surface area contributed by atoms with Gasteiger partial charge < -0.3 is 40.2 Å². The van der Waals surface area contributed by atoms with Gasteiger partial charge in [0.05, 0.1) is 24.9 Å². The summed E-state index contributed by atoms with van der Waals surface area (Å²) in [5.41, 5.74) is 0.365. The van der Waals surface area contributed by atoms with Crippen LogP contribution in [0.5, 0.6) is 11.5 Å². The number of carboxylic acid groups (broad SMARTS) is 1. The number of carboxylic acids is 1. The average molecular weight is 777 g/mol. The van der Waals surface area contributed by atoms with Gasteiger partial charge in [0, 0.05) is 40.8 Å². The molecule has 3 fully saturated rings. The summed E-state index contributed by atoms with van der Waals surface area (Å²) in [6, 6.07) is 3.52. The molecule has 0 spiro atoms. The van der Waals surface area contributed by atoms with Crippen molar-refractivity contribution in [2.45, 2.75) is 116 Å². The van der Waals surface area contributed by atoms with Gasteiger partial charge in [0.25, 0.3) is 0 Å². The molecular weight excluding hydrogens is 725 g/mol. The number of ether oxygens (including phenoxy) is 3. The van der Waals surface area contributed by atoms with Crippen LogP contribution in [0.15, 0.2) is 36.2 Å². The smallest absolute Gasteiger partial charge is 0.408 e. The number of aliphatic carboxylic acids is 1. The maximum atomic E-state index is 14.6. The summed E-state index contributed by atoms with van der Waals surface area (Å²) in [4.78, 5) is 65.4. The summed E-state index contributed by atoms with van der Waals surface area (Å²) < 4.78 is 18.0. The molecule has 296 valence electrons. The molecule has 0 bridgehead atoms. The van der Waals surface area contributed by atoms with E-state index < -0.39 is 58.9 Å². The van der Waals surface area contributed by atoms with Crippen LogP contribution >= 0.6 is 11.3 Å². The number of pyridine rings is 1. The van der Waals surface area contributed by atoms with Gasteiger partial charge in [-0.1, -0.05) is 26.8 Å². The van der Waals surface area contributed by atoms with Crippen LogP contribution in [0.3, 0.4) is 0 Å². The molecule has 3 amide bonds. The maximum absolute atomic E-state index is 14.6. The molecule has 2 aromatic heterocycles. The number of thiazole rings is 1. The third-order valence-electron chi connectivity index (χ3n) is 10.7. The van der Waals surface area contributed by atoms with E-state index >= 15 is 0 Å². The number of hydrogen-bond donors (Lipinski definition) is 4. The molecule has 3 heterocycles. The Kier molecular flexibility index (Phi) is 11.3. The molecule has 0 unspecified atom stereocenters. The number of aryl methyl sites for hydroxylation is 1. The number of hydrogen-bond acceptors (Lipinski definition) is 11. The molecule has 3 aliphatic rings. The quantitative estimate of drug-likeness (QED) is 0.148. The normalized spacial score (nSPS) is 23.0. The number of likely N-dealkylation sites (tertiary alicyclic amines) is 1. The zero-order valence-corrected chi connectivity index (χ0v) is 33.4. The van der Waals surface area contributed by atoms with Gasteiger partial charge in [0.1, 0.15) is 47.0 Å². The van der Waals surface area contributed by atoms with Gasteiger partial charge in [-0.15, -0.1) is 17.9 Å². The number of nitrogens with zero attached hydrogens (tertiary/aromatic N) is 3. The number of amides is 3. The maximum Gasteiger partial charge on any atom is 0.408 e. The molecule has 55 heavy (non-hydrogen) atoms. The first kappa shape index (κ1) is 39.8. The lowest BCUT2D eigenvalue weighted by Gasteiger charge is -2.35. The van der Waals surface area contributed by atoms with Crippen molar-refractivity contribution >= 4 is 51.2 Å². The molecule has 15 heteroatoms. The van der Waals surface area contributed by atoms with Gasteiger partial charge >= 0.3 is 12.1 Å². The lowest BCUT2D eigenvalue weighted by Crippen LogP contribution is -2.59. The summed E-state index contributed by atoms with van der Waals surface area (Å²) in [7, 11) is 1.59. The summed E-state index contributed by atoms with van der Waals surface area (Å²) in [6.07, 6.45) is 3.63. The Morgan fingerprint density at radius 1 is 1.09 bits per heavy atom. The molecule has 3 aromatic rings. The summed E-state index contributed by atoms with van der Waals surface area (Å²) >= 11 is 1.46. The number of aromatic nitrogens is 2. The first-order chi connectivity index (χ1) is 26.0. The van der Waals surface area contributed by atoms with Gasteiger partial charge in [-0.25, -0.2) is 19.6 Å². The number of anilines is 1. The van der Waals surface area contributed by atoms with Gasteiger partial charge in [0.15, 0.2) is 5.13 Å². The van der Waals surface area contributed by atoms with Crippen molar-refractivity contribution in [3.05, 3.63) is 41.8 Å². The van der Waals surface area contributed by atoms with Gasteiger partial charge in [0.2, 0.25) is 11.8 Å².